The highest BCUT2D eigenvalue weighted by Gasteiger charge is 2.23. The molecule has 1 heterocycles. The molecule has 0 aromatic carbocycles. The Morgan fingerprint density at radius 2 is 2.36 bits per heavy atom. The van der Waals surface area contributed by atoms with Crippen molar-refractivity contribution >= 4 is 11.9 Å². The fourth-order valence-electron chi connectivity index (χ4n) is 1.27. The lowest BCUT2D eigenvalue weighted by Gasteiger charge is -2.09. The van der Waals surface area contributed by atoms with Crippen LogP contribution in [0.25, 0.3) is 0 Å². The van der Waals surface area contributed by atoms with Gasteiger partial charge in [-0.2, -0.15) is 0 Å². The Hall–Kier alpha value is -1.10. The lowest BCUT2D eigenvalue weighted by atomic mass is 10.2. The van der Waals surface area contributed by atoms with Gasteiger partial charge in [0.2, 0.25) is 5.91 Å². The van der Waals surface area contributed by atoms with E-state index in [4.69, 9.17) is 4.74 Å². The largest absolute Gasteiger partial charge is 0.465 e. The summed E-state index contributed by atoms with van der Waals surface area (Å²) in [6.45, 7) is 2.60. The van der Waals surface area contributed by atoms with Crippen molar-refractivity contribution in [2.24, 2.45) is 0 Å². The minimum atomic E-state index is -0.418. The Morgan fingerprint density at radius 3 is 2.93 bits per heavy atom. The smallest absolute Gasteiger partial charge is 0.325 e. The molecule has 0 unspecified atom stereocenters. The van der Waals surface area contributed by atoms with Crippen molar-refractivity contribution in [3.63, 3.8) is 0 Å². The quantitative estimate of drug-likeness (QED) is 0.642. The zero-order valence-electron chi connectivity index (χ0n) is 8.25. The Kier molecular flexibility index (Phi) is 4.39. The van der Waals surface area contributed by atoms with Gasteiger partial charge in [-0.1, -0.05) is 0 Å². The van der Waals surface area contributed by atoms with Gasteiger partial charge in [0, 0.05) is 6.61 Å². The van der Waals surface area contributed by atoms with Gasteiger partial charge >= 0.3 is 5.97 Å². The third-order valence-corrected chi connectivity index (χ3v) is 1.93. The molecule has 0 aromatic heterocycles. The average molecular weight is 201 g/mol. The van der Waals surface area contributed by atoms with E-state index >= 15 is 0 Å². The molecule has 0 spiro atoms. The van der Waals surface area contributed by atoms with Gasteiger partial charge in [-0.25, -0.2) is 0 Å². The molecule has 5 heteroatoms. The summed E-state index contributed by atoms with van der Waals surface area (Å²) in [5.74, 6) is -0.644. The number of ether oxygens (including phenoxy) is 2. The van der Waals surface area contributed by atoms with Gasteiger partial charge in [0.25, 0.3) is 0 Å². The molecule has 1 saturated heterocycles. The lowest BCUT2D eigenvalue weighted by molar-refractivity contribution is -0.144. The fraction of sp³-hybridized carbons (Fsp3) is 0.778. The number of hydrogen-bond donors (Lipinski definition) is 1. The molecule has 1 aliphatic rings. The second-order valence-corrected chi connectivity index (χ2v) is 3.02. The fourth-order valence-corrected chi connectivity index (χ4v) is 1.27. The number of nitrogens with one attached hydrogen (secondary N) is 1. The summed E-state index contributed by atoms with van der Waals surface area (Å²) in [6, 6.07) is 0. The van der Waals surface area contributed by atoms with Crippen LogP contribution in [0.4, 0.5) is 0 Å². The number of rotatable bonds is 4. The van der Waals surface area contributed by atoms with Gasteiger partial charge in [0.15, 0.2) is 0 Å². The van der Waals surface area contributed by atoms with Crippen molar-refractivity contribution in [1.82, 2.24) is 5.32 Å². The van der Waals surface area contributed by atoms with Crippen molar-refractivity contribution in [3.05, 3.63) is 0 Å². The van der Waals surface area contributed by atoms with Crippen LogP contribution in [0.2, 0.25) is 0 Å². The number of carbonyl (C=O) groups excluding carboxylic acids is 2. The van der Waals surface area contributed by atoms with E-state index < -0.39 is 5.97 Å². The number of amides is 1. The molecular weight excluding hydrogens is 186 g/mol. The Balaban J connectivity index is 2.17. The van der Waals surface area contributed by atoms with Crippen LogP contribution >= 0.6 is 0 Å². The van der Waals surface area contributed by atoms with Crippen LogP contribution in [0.1, 0.15) is 19.8 Å². The summed E-state index contributed by atoms with van der Waals surface area (Å²) in [5.41, 5.74) is 0. The molecular formula is C9H15NO4. The molecule has 1 aliphatic heterocycles. The van der Waals surface area contributed by atoms with Crippen LogP contribution in [0, 0.1) is 0 Å². The third-order valence-electron chi connectivity index (χ3n) is 1.93. The van der Waals surface area contributed by atoms with E-state index in [-0.39, 0.29) is 18.6 Å². The number of carbonyl (C=O) groups is 2. The topological polar surface area (TPSA) is 64.6 Å². The van der Waals surface area contributed by atoms with E-state index in [2.05, 4.69) is 10.1 Å². The van der Waals surface area contributed by atoms with Crippen molar-refractivity contribution in [2.45, 2.75) is 25.9 Å². The summed E-state index contributed by atoms with van der Waals surface area (Å²) >= 11 is 0. The Morgan fingerprint density at radius 1 is 1.57 bits per heavy atom. The minimum Gasteiger partial charge on any atom is -0.465 e. The Labute approximate surface area is 82.8 Å². The van der Waals surface area contributed by atoms with Gasteiger partial charge in [0.1, 0.15) is 12.6 Å². The molecule has 14 heavy (non-hydrogen) atoms. The average Bonchev–Trinajstić information content (AvgIpc) is 2.67. The molecule has 0 radical (unpaired) electrons. The van der Waals surface area contributed by atoms with E-state index in [1.807, 2.05) is 0 Å². The highest BCUT2D eigenvalue weighted by atomic mass is 16.5. The minimum absolute atomic E-state index is 0.0769. The summed E-state index contributed by atoms with van der Waals surface area (Å²) in [7, 11) is 0. The lowest BCUT2D eigenvalue weighted by Crippen LogP contribution is -2.37. The highest BCUT2D eigenvalue weighted by molar-refractivity contribution is 5.85. The predicted molar refractivity (Wildman–Crippen MR) is 48.6 cm³/mol. The van der Waals surface area contributed by atoms with Gasteiger partial charge in [-0.15, -0.1) is 0 Å². The van der Waals surface area contributed by atoms with E-state index in [0.29, 0.717) is 13.2 Å². The summed E-state index contributed by atoms with van der Waals surface area (Å²) in [5, 5.41) is 2.47. The van der Waals surface area contributed by atoms with Gasteiger partial charge in [-0.3, -0.25) is 9.59 Å². The monoisotopic (exact) mass is 201 g/mol. The van der Waals surface area contributed by atoms with Crippen LogP contribution in [-0.2, 0) is 19.1 Å². The molecule has 80 valence electrons. The molecule has 0 saturated carbocycles. The first-order valence-corrected chi connectivity index (χ1v) is 4.79. The predicted octanol–water partition coefficient (Wildman–Crippen LogP) is -0.155. The molecule has 1 amide bonds. The molecule has 1 fully saturated rings. The van der Waals surface area contributed by atoms with Crippen LogP contribution in [0.15, 0.2) is 0 Å². The summed E-state index contributed by atoms with van der Waals surface area (Å²) < 4.78 is 9.80. The van der Waals surface area contributed by atoms with Gasteiger partial charge in [0.05, 0.1) is 6.61 Å². The molecule has 0 aliphatic carbocycles. The second kappa shape index (κ2) is 5.59. The molecule has 0 bridgehead atoms. The maximum absolute atomic E-state index is 11.3. The van der Waals surface area contributed by atoms with E-state index in [9.17, 15) is 9.59 Å². The van der Waals surface area contributed by atoms with Crippen LogP contribution < -0.4 is 5.32 Å². The zero-order valence-corrected chi connectivity index (χ0v) is 8.25. The van der Waals surface area contributed by atoms with Crippen molar-refractivity contribution in [3.8, 4) is 0 Å². The van der Waals surface area contributed by atoms with Crippen molar-refractivity contribution in [1.29, 1.82) is 0 Å². The van der Waals surface area contributed by atoms with E-state index in [1.165, 1.54) is 0 Å². The zero-order chi connectivity index (χ0) is 10.4. The normalized spacial score (nSPS) is 20.5. The molecule has 1 atom stereocenters. The number of esters is 1. The van der Waals surface area contributed by atoms with Gasteiger partial charge in [-0.05, 0) is 19.8 Å². The van der Waals surface area contributed by atoms with E-state index in [0.717, 1.165) is 12.8 Å². The number of hydrogen-bond acceptors (Lipinski definition) is 4. The molecule has 1 N–H and O–H groups in total. The molecule has 0 aromatic rings. The summed E-state index contributed by atoms with van der Waals surface area (Å²) in [6.07, 6.45) is 1.25. The molecule has 5 nitrogen and oxygen atoms in total. The first kappa shape index (κ1) is 11.0. The third kappa shape index (κ3) is 3.33. The van der Waals surface area contributed by atoms with E-state index in [1.54, 1.807) is 6.92 Å². The second-order valence-electron chi connectivity index (χ2n) is 3.02. The maximum Gasteiger partial charge on any atom is 0.325 e. The highest BCUT2D eigenvalue weighted by Crippen LogP contribution is 2.11. The van der Waals surface area contributed by atoms with Crippen LogP contribution in [0.5, 0.6) is 0 Å². The molecule has 1 rings (SSSR count). The van der Waals surface area contributed by atoms with Crippen molar-refractivity contribution < 1.29 is 19.1 Å². The first-order valence-electron chi connectivity index (χ1n) is 4.79. The first-order chi connectivity index (χ1) is 6.74. The van der Waals surface area contributed by atoms with Gasteiger partial charge < -0.3 is 14.8 Å². The Bertz CT molecular complexity index is 211. The maximum atomic E-state index is 11.3. The standard InChI is InChI=1S/C9H15NO4/c1-2-13-8(11)6-10-9(12)7-4-3-5-14-7/h7H,2-6H2,1H3,(H,10,12)/t7-/m0/s1. The van der Waals surface area contributed by atoms with Crippen molar-refractivity contribution in [2.75, 3.05) is 19.8 Å². The SMILES string of the molecule is CCOC(=O)CNC(=O)[C@@H]1CCCO1. The van der Waals surface area contributed by atoms with Crippen LogP contribution in [0.3, 0.4) is 0 Å². The summed E-state index contributed by atoms with van der Waals surface area (Å²) in [4.78, 5) is 22.2. The van der Waals surface area contributed by atoms with Crippen LogP contribution in [-0.4, -0.2) is 37.7 Å².